The molecule has 0 spiro atoms. The highest BCUT2D eigenvalue weighted by Crippen LogP contribution is 2.35. The lowest BCUT2D eigenvalue weighted by Crippen LogP contribution is -2.69. The van der Waals surface area contributed by atoms with Gasteiger partial charge in [0.05, 0.1) is 15.2 Å². The third-order valence-corrected chi connectivity index (χ3v) is 39.1. The van der Waals surface area contributed by atoms with Crippen molar-refractivity contribution in [2.45, 2.75) is 51.4 Å². The molecule has 0 heterocycles. The Balaban J connectivity index is 5.86. The van der Waals surface area contributed by atoms with Crippen molar-refractivity contribution in [3.05, 3.63) is 49.9 Å². The minimum atomic E-state index is -1.87. The number of rotatable bonds is 10. The first-order valence-electron chi connectivity index (χ1n) is 7.64. The number of allylic oxidation sites excluding steroid dienone is 2. The molecular weight excluding hydrogens is 321 g/mol. The minimum Gasteiger partial charge on any atom is -0.458 e. The Labute approximate surface area is 136 Å². The van der Waals surface area contributed by atoms with Crippen LogP contribution in [0, 0.1) is 0 Å². The van der Waals surface area contributed by atoms with E-state index in [0.717, 1.165) is 12.1 Å². The van der Waals surface area contributed by atoms with Gasteiger partial charge in [-0.25, -0.2) is 0 Å². The molecule has 0 aliphatic heterocycles. The fourth-order valence-electron chi connectivity index (χ4n) is 2.35. The maximum absolute atomic E-state index is 7.13. The van der Waals surface area contributed by atoms with Crippen molar-refractivity contribution in [3.63, 3.8) is 0 Å². The van der Waals surface area contributed by atoms with Crippen LogP contribution in [0.5, 0.6) is 0 Å². The van der Waals surface area contributed by atoms with Gasteiger partial charge in [0.15, 0.2) is 15.7 Å². The van der Waals surface area contributed by atoms with Crippen LogP contribution in [0.15, 0.2) is 49.9 Å². The van der Waals surface area contributed by atoms with E-state index in [2.05, 4.69) is 89.1 Å². The molecule has 0 rings (SSSR count). The van der Waals surface area contributed by atoms with Crippen LogP contribution in [0.2, 0.25) is 51.4 Å². The third kappa shape index (κ3) is 4.38. The number of hydrogen-bond acceptors (Lipinski definition) is 1. The Hall–Kier alpha value is -0.212. The molecule has 21 heavy (non-hydrogen) atoms. The van der Waals surface area contributed by atoms with E-state index in [1.807, 2.05) is 0 Å². The predicted octanol–water partition coefficient (Wildman–Crippen LogP) is 5.55. The summed E-state index contributed by atoms with van der Waals surface area (Å²) in [5.41, 5.74) is 4.40. The van der Waals surface area contributed by atoms with Crippen LogP contribution in [0.4, 0.5) is 0 Å². The van der Waals surface area contributed by atoms with Crippen LogP contribution in [0.25, 0.3) is 0 Å². The fourth-order valence-corrected chi connectivity index (χ4v) is 28.4. The largest absolute Gasteiger partial charge is 0.458 e. The molecule has 120 valence electrons. The molecule has 0 bridgehead atoms. The van der Waals surface area contributed by atoms with E-state index in [0.29, 0.717) is 0 Å². The third-order valence-electron chi connectivity index (χ3n) is 5.26. The molecule has 0 aromatic heterocycles. The molecule has 0 aliphatic rings. The lowest BCUT2D eigenvalue weighted by atomic mass is 10.8. The summed E-state index contributed by atoms with van der Waals surface area (Å²) in [4.78, 5) is 0. The SMILES string of the molecule is C=CC[Si](C)(O[Si](C)(CC=C)[Si](C)(C)C=C)[Si](C)(C)C=C. The van der Waals surface area contributed by atoms with Crippen LogP contribution in [0.1, 0.15) is 0 Å². The van der Waals surface area contributed by atoms with Gasteiger partial charge in [-0.05, 0) is 25.2 Å². The van der Waals surface area contributed by atoms with E-state index in [1.54, 1.807) is 0 Å². The second kappa shape index (κ2) is 7.37. The van der Waals surface area contributed by atoms with E-state index in [4.69, 9.17) is 4.12 Å². The molecule has 0 N–H and O–H groups in total. The van der Waals surface area contributed by atoms with Crippen molar-refractivity contribution in [2.75, 3.05) is 0 Å². The van der Waals surface area contributed by atoms with Gasteiger partial charge in [-0.15, -0.1) is 37.7 Å². The zero-order valence-corrected chi connectivity index (χ0v) is 19.0. The topological polar surface area (TPSA) is 9.23 Å². The van der Waals surface area contributed by atoms with Crippen molar-refractivity contribution >= 4 is 30.9 Å². The molecule has 0 amide bonds. The Morgan fingerprint density at radius 3 is 1.14 bits per heavy atom. The zero-order valence-electron chi connectivity index (χ0n) is 15.0. The summed E-state index contributed by atoms with van der Waals surface area (Å²) in [6.45, 7) is 30.5. The van der Waals surface area contributed by atoms with E-state index in [9.17, 15) is 0 Å². The van der Waals surface area contributed by atoms with Gasteiger partial charge in [0.2, 0.25) is 0 Å². The van der Waals surface area contributed by atoms with Crippen LogP contribution >= 0.6 is 0 Å². The summed E-state index contributed by atoms with van der Waals surface area (Å²) in [7, 11) is -6.91. The molecule has 2 atom stereocenters. The highest BCUT2D eigenvalue weighted by atomic mass is 29.3. The first-order valence-corrected chi connectivity index (χ1v) is 21.0. The summed E-state index contributed by atoms with van der Waals surface area (Å²) < 4.78 is 7.13. The molecule has 2 unspecified atom stereocenters. The highest BCUT2D eigenvalue weighted by molar-refractivity contribution is 7.47. The maximum Gasteiger partial charge on any atom is 0.171 e. The van der Waals surface area contributed by atoms with Crippen LogP contribution in [-0.4, -0.2) is 30.9 Å². The molecule has 0 saturated heterocycles. The normalized spacial score (nSPS) is 18.2. The van der Waals surface area contributed by atoms with Gasteiger partial charge in [0.1, 0.15) is 0 Å². The van der Waals surface area contributed by atoms with E-state index in [-0.39, 0.29) is 0 Å². The average Bonchev–Trinajstić information content (AvgIpc) is 2.38. The minimum absolute atomic E-state index is 1.01. The molecule has 5 heteroatoms. The van der Waals surface area contributed by atoms with E-state index in [1.165, 1.54) is 0 Å². The van der Waals surface area contributed by atoms with Crippen LogP contribution in [0.3, 0.4) is 0 Å². The number of hydrogen-bond donors (Lipinski definition) is 0. The first kappa shape index (κ1) is 20.8. The Kier molecular flexibility index (Phi) is 7.29. The highest BCUT2D eigenvalue weighted by Gasteiger charge is 2.53. The van der Waals surface area contributed by atoms with Gasteiger partial charge in [-0.1, -0.05) is 38.3 Å². The molecule has 0 aliphatic carbocycles. The molecular formula is C16H34OSi4. The second-order valence-electron chi connectivity index (χ2n) is 7.40. The summed E-state index contributed by atoms with van der Waals surface area (Å²) in [5.74, 6) is 0. The lowest BCUT2D eigenvalue weighted by molar-refractivity contribution is 0.571. The van der Waals surface area contributed by atoms with Gasteiger partial charge in [-0.2, -0.15) is 0 Å². The molecule has 0 aromatic carbocycles. The van der Waals surface area contributed by atoms with E-state index >= 15 is 0 Å². The fraction of sp³-hybridized carbons (Fsp3) is 0.500. The summed E-state index contributed by atoms with van der Waals surface area (Å²) >= 11 is 0. The molecule has 0 radical (unpaired) electrons. The first-order chi connectivity index (χ1) is 9.45. The van der Waals surface area contributed by atoms with Gasteiger partial charge in [0, 0.05) is 0 Å². The van der Waals surface area contributed by atoms with Crippen LogP contribution in [-0.2, 0) is 4.12 Å². The van der Waals surface area contributed by atoms with Gasteiger partial charge >= 0.3 is 0 Å². The molecule has 0 saturated carbocycles. The summed E-state index contributed by atoms with van der Waals surface area (Å²) in [5, 5.41) is 0. The monoisotopic (exact) mass is 354 g/mol. The van der Waals surface area contributed by atoms with Gasteiger partial charge in [-0.3, -0.25) is 0 Å². The quantitative estimate of drug-likeness (QED) is 0.369. The summed E-state index contributed by atoms with van der Waals surface area (Å²) in [6, 6.07) is 2.03. The Bertz CT molecular complexity index is 379. The average molecular weight is 355 g/mol. The second-order valence-corrected chi connectivity index (χ2v) is 35.7. The van der Waals surface area contributed by atoms with Gasteiger partial charge in [0.25, 0.3) is 0 Å². The Morgan fingerprint density at radius 1 is 0.667 bits per heavy atom. The van der Waals surface area contributed by atoms with Crippen molar-refractivity contribution in [2.24, 2.45) is 0 Å². The van der Waals surface area contributed by atoms with Crippen molar-refractivity contribution in [1.29, 1.82) is 0 Å². The zero-order chi connectivity index (χ0) is 16.9. The van der Waals surface area contributed by atoms with Crippen molar-refractivity contribution < 1.29 is 4.12 Å². The van der Waals surface area contributed by atoms with Crippen molar-refractivity contribution in [1.82, 2.24) is 0 Å². The lowest BCUT2D eigenvalue weighted by Gasteiger charge is -2.49. The molecule has 1 nitrogen and oxygen atoms in total. The molecule has 0 aromatic rings. The maximum atomic E-state index is 7.13. The van der Waals surface area contributed by atoms with Crippen molar-refractivity contribution in [3.8, 4) is 0 Å². The summed E-state index contributed by atoms with van der Waals surface area (Å²) in [6.07, 6.45) is 4.10. The van der Waals surface area contributed by atoms with E-state index < -0.39 is 30.9 Å². The standard InChI is InChI=1S/C16H34OSi4/c1-11-15-20(9,18(5,6)13-3)17-21(10,16-12-2)19(7,8)14-4/h11-14H,1-4,15-16H2,5-10H3. The Morgan fingerprint density at radius 2 is 0.952 bits per heavy atom. The van der Waals surface area contributed by atoms with Gasteiger partial charge < -0.3 is 4.12 Å². The predicted molar refractivity (Wildman–Crippen MR) is 110 cm³/mol. The van der Waals surface area contributed by atoms with Crippen LogP contribution < -0.4 is 0 Å². The smallest absolute Gasteiger partial charge is 0.171 e. The molecule has 0 fully saturated rings.